The van der Waals surface area contributed by atoms with Gasteiger partial charge in [-0.25, -0.2) is 0 Å². The molecule has 2 saturated heterocycles. The zero-order valence-electron chi connectivity index (χ0n) is 38.6. The van der Waals surface area contributed by atoms with Gasteiger partial charge in [0, 0.05) is 100 Å². The number of hydrogen-bond donors (Lipinski definition) is 0. The minimum absolute atomic E-state index is 0.150. The van der Waals surface area contributed by atoms with Crippen LogP contribution in [-0.4, -0.2) is 109 Å². The van der Waals surface area contributed by atoms with E-state index in [0.717, 1.165) is 64.3 Å². The van der Waals surface area contributed by atoms with Crippen LogP contribution in [0.2, 0.25) is 12.1 Å². The highest BCUT2D eigenvalue weighted by Gasteiger charge is 2.41. The van der Waals surface area contributed by atoms with Gasteiger partial charge >= 0.3 is 17.6 Å². The first kappa shape index (κ1) is 48.4. The summed E-state index contributed by atoms with van der Waals surface area (Å²) in [6, 6.07) is 29.1. The van der Waals surface area contributed by atoms with E-state index in [2.05, 4.69) is 110 Å². The van der Waals surface area contributed by atoms with Crippen molar-refractivity contribution >= 4 is 29.0 Å². The lowest BCUT2D eigenvalue weighted by Gasteiger charge is -2.32. The molecule has 2 atom stereocenters. The van der Waals surface area contributed by atoms with E-state index in [0.29, 0.717) is 51.8 Å². The molecule has 0 spiro atoms. The molecule has 334 valence electrons. The first-order chi connectivity index (χ1) is 28.9. The van der Waals surface area contributed by atoms with Crippen molar-refractivity contribution in [3.05, 3.63) is 95.1 Å². The van der Waals surface area contributed by atoms with E-state index in [4.69, 9.17) is 36.0 Å². The Bertz CT molecular complexity index is 1600. The first-order valence-electron chi connectivity index (χ1n) is 22.8. The lowest BCUT2D eigenvalue weighted by atomic mass is 9.74. The Hall–Kier alpha value is -2.63. The van der Waals surface area contributed by atoms with Crippen LogP contribution in [0.5, 0.6) is 0 Å². The molecule has 3 aromatic rings. The summed E-state index contributed by atoms with van der Waals surface area (Å²) >= 11 is 0. The molecule has 12 heteroatoms. The van der Waals surface area contributed by atoms with Crippen molar-refractivity contribution in [1.82, 2.24) is 0 Å². The summed E-state index contributed by atoms with van der Waals surface area (Å²) in [5.41, 5.74) is 7.24. The summed E-state index contributed by atoms with van der Waals surface area (Å²) in [5, 5.41) is 0. The van der Waals surface area contributed by atoms with Crippen molar-refractivity contribution in [1.29, 1.82) is 0 Å². The summed E-state index contributed by atoms with van der Waals surface area (Å²) in [5.74, 6) is 0. The standard InChI is InChI=1S/C48H76N2O8Si2/c1-11-53-59(54-12-2,55-13-3)33-17-31-49(32-18-34-60(56-14-4,57-15-5)58-16-6)43-27-23-41(24-28-43)47(7,8)39-19-21-40(22-20-39)48(9,10)42-25-29-44(30-26-42)50(35-45-37-51-45)36-46-38-52-46/h19-30,45-46H,11-18,31-38H2,1-10H3. The molecule has 0 saturated carbocycles. The van der Waals surface area contributed by atoms with Crippen LogP contribution in [0.15, 0.2) is 72.8 Å². The smallest absolute Gasteiger partial charge is 0.374 e. The van der Waals surface area contributed by atoms with E-state index in [1.54, 1.807) is 0 Å². The van der Waals surface area contributed by atoms with Gasteiger partial charge in [0.2, 0.25) is 0 Å². The van der Waals surface area contributed by atoms with Crippen LogP contribution in [-0.2, 0) is 46.9 Å². The van der Waals surface area contributed by atoms with Crippen molar-refractivity contribution < 1.29 is 36.0 Å². The van der Waals surface area contributed by atoms with Gasteiger partial charge in [-0.15, -0.1) is 0 Å². The number of rotatable bonds is 30. The number of nitrogens with zero attached hydrogens (tertiary/aromatic N) is 2. The van der Waals surface area contributed by atoms with Crippen molar-refractivity contribution in [2.75, 3.05) is 88.8 Å². The lowest BCUT2D eigenvalue weighted by Crippen LogP contribution is -2.47. The second kappa shape index (κ2) is 22.6. The quantitative estimate of drug-likeness (QED) is 0.0477. The van der Waals surface area contributed by atoms with Crippen LogP contribution in [0, 0.1) is 0 Å². The molecule has 0 amide bonds. The fourth-order valence-electron chi connectivity index (χ4n) is 8.28. The van der Waals surface area contributed by atoms with Crippen LogP contribution in [0.25, 0.3) is 0 Å². The number of anilines is 2. The van der Waals surface area contributed by atoms with Crippen molar-refractivity contribution in [2.24, 2.45) is 0 Å². The van der Waals surface area contributed by atoms with Gasteiger partial charge in [-0.05, 0) is 101 Å². The molecule has 0 radical (unpaired) electrons. The van der Waals surface area contributed by atoms with Gasteiger partial charge in [-0.3, -0.25) is 0 Å². The van der Waals surface area contributed by atoms with Gasteiger partial charge in [0.25, 0.3) is 0 Å². The van der Waals surface area contributed by atoms with E-state index < -0.39 is 17.6 Å². The molecule has 2 unspecified atom stereocenters. The predicted octanol–water partition coefficient (Wildman–Crippen LogP) is 9.63. The third-order valence-corrected chi connectivity index (χ3v) is 18.2. The molecule has 0 bridgehead atoms. The van der Waals surface area contributed by atoms with Crippen molar-refractivity contribution in [2.45, 2.75) is 117 Å². The SMILES string of the molecule is CCO[Si](CCCN(CCC[Si](OCC)(OCC)OCC)c1ccc(C(C)(C)c2ccc(C(C)(C)c3ccc(N(CC4CO4)CC4CO4)cc3)cc2)cc1)(OCC)OCC. The Morgan fingerprint density at radius 1 is 0.467 bits per heavy atom. The van der Waals surface area contributed by atoms with Gasteiger partial charge in [0.05, 0.1) is 25.4 Å². The topological polar surface area (TPSA) is 86.9 Å². The largest absolute Gasteiger partial charge is 0.500 e. The summed E-state index contributed by atoms with van der Waals surface area (Å²) in [4.78, 5) is 4.89. The Labute approximate surface area is 364 Å². The second-order valence-electron chi connectivity index (χ2n) is 16.9. The Morgan fingerprint density at radius 2 is 0.733 bits per heavy atom. The number of benzene rings is 3. The average molecular weight is 865 g/mol. The normalized spacial score (nSPS) is 16.9. The number of epoxide rings is 2. The summed E-state index contributed by atoms with van der Waals surface area (Å²) < 4.78 is 48.4. The Morgan fingerprint density at radius 3 is 1.00 bits per heavy atom. The first-order valence-corrected chi connectivity index (χ1v) is 26.6. The Kier molecular flexibility index (Phi) is 18.3. The predicted molar refractivity (Wildman–Crippen MR) is 248 cm³/mol. The fourth-order valence-corrected chi connectivity index (χ4v) is 13.5. The maximum Gasteiger partial charge on any atom is 0.500 e. The second-order valence-corrected chi connectivity index (χ2v) is 22.4. The summed E-state index contributed by atoms with van der Waals surface area (Å²) in [6.45, 7) is 30.1. The fraction of sp³-hybridized carbons (Fsp3) is 0.625. The lowest BCUT2D eigenvalue weighted by molar-refractivity contribution is 0.0705. The molecule has 60 heavy (non-hydrogen) atoms. The van der Waals surface area contributed by atoms with Crippen LogP contribution in [0.1, 0.15) is 104 Å². The molecular formula is C48H76N2O8Si2. The van der Waals surface area contributed by atoms with E-state index in [1.165, 1.54) is 33.6 Å². The highest BCUT2D eigenvalue weighted by molar-refractivity contribution is 6.61. The molecule has 2 fully saturated rings. The Balaban J connectivity index is 1.30. The van der Waals surface area contributed by atoms with E-state index in [-0.39, 0.29) is 10.8 Å². The van der Waals surface area contributed by atoms with Gasteiger partial charge in [-0.1, -0.05) is 76.2 Å². The van der Waals surface area contributed by atoms with Crippen LogP contribution >= 0.6 is 0 Å². The van der Waals surface area contributed by atoms with Crippen molar-refractivity contribution in [3.63, 3.8) is 0 Å². The molecular weight excluding hydrogens is 789 g/mol. The van der Waals surface area contributed by atoms with E-state index >= 15 is 0 Å². The number of ether oxygens (including phenoxy) is 2. The molecule has 0 aliphatic carbocycles. The molecule has 3 aromatic carbocycles. The molecule has 5 rings (SSSR count). The van der Waals surface area contributed by atoms with Gasteiger partial charge in [-0.2, -0.15) is 0 Å². The summed E-state index contributed by atoms with van der Waals surface area (Å²) in [7, 11) is -5.53. The van der Waals surface area contributed by atoms with Gasteiger partial charge in [0.15, 0.2) is 0 Å². The van der Waals surface area contributed by atoms with Crippen LogP contribution in [0.3, 0.4) is 0 Å². The maximum absolute atomic E-state index is 6.21. The van der Waals surface area contributed by atoms with Gasteiger partial charge < -0.3 is 45.8 Å². The van der Waals surface area contributed by atoms with Crippen molar-refractivity contribution in [3.8, 4) is 0 Å². The highest BCUT2D eigenvalue weighted by Crippen LogP contribution is 2.37. The maximum atomic E-state index is 6.21. The zero-order chi connectivity index (χ0) is 43.2. The molecule has 2 aliphatic heterocycles. The van der Waals surface area contributed by atoms with Crippen LogP contribution in [0.4, 0.5) is 11.4 Å². The van der Waals surface area contributed by atoms with Gasteiger partial charge in [0.1, 0.15) is 0 Å². The van der Waals surface area contributed by atoms with E-state index in [1.807, 2.05) is 41.5 Å². The molecule has 0 N–H and O–H groups in total. The summed E-state index contributed by atoms with van der Waals surface area (Å²) in [6.07, 6.45) is 2.46. The third kappa shape index (κ3) is 13.2. The zero-order valence-corrected chi connectivity index (χ0v) is 40.6. The average Bonchev–Trinajstić information content (AvgIpc) is 4.19. The molecule has 2 heterocycles. The monoisotopic (exact) mass is 865 g/mol. The minimum atomic E-state index is -2.77. The number of hydrogen-bond acceptors (Lipinski definition) is 10. The molecule has 2 aliphatic rings. The minimum Gasteiger partial charge on any atom is -0.374 e. The van der Waals surface area contributed by atoms with E-state index in [9.17, 15) is 0 Å². The molecule has 10 nitrogen and oxygen atoms in total. The molecule has 0 aromatic heterocycles. The van der Waals surface area contributed by atoms with Crippen LogP contribution < -0.4 is 9.80 Å². The third-order valence-electron chi connectivity index (χ3n) is 11.9. The highest BCUT2D eigenvalue weighted by atomic mass is 28.4.